The molecule has 0 fully saturated rings. The maximum Gasteiger partial charge on any atom is 0.381 e. The van der Waals surface area contributed by atoms with Gasteiger partial charge in [-0.25, -0.2) is 31.6 Å². The van der Waals surface area contributed by atoms with Crippen molar-refractivity contribution in [2.24, 2.45) is 5.92 Å². The molecule has 0 amide bonds. The van der Waals surface area contributed by atoms with Gasteiger partial charge in [0.05, 0.1) is 24.4 Å². The van der Waals surface area contributed by atoms with Crippen molar-refractivity contribution in [3.63, 3.8) is 0 Å². The Labute approximate surface area is 289 Å². The van der Waals surface area contributed by atoms with Gasteiger partial charge in [0.15, 0.2) is 19.8 Å². The quantitative estimate of drug-likeness (QED) is 0.0275. The molecule has 55 heavy (non-hydrogen) atoms. The van der Waals surface area contributed by atoms with Crippen LogP contribution in [0.3, 0.4) is 0 Å². The summed E-state index contributed by atoms with van der Waals surface area (Å²) in [5, 5.41) is 7.39. The average molecular weight is 898 g/mol. The summed E-state index contributed by atoms with van der Waals surface area (Å²) in [5.41, 5.74) is 0. The third kappa shape index (κ3) is 10.7. The minimum atomic E-state index is -7.25. The van der Waals surface area contributed by atoms with Crippen LogP contribution in [0.25, 0.3) is 0 Å². The van der Waals surface area contributed by atoms with Crippen LogP contribution in [0.2, 0.25) is 0 Å². The average Bonchev–Trinajstić information content (AvgIpc) is 3.04. The van der Waals surface area contributed by atoms with Crippen molar-refractivity contribution in [2.75, 3.05) is 19.8 Å². The molecule has 9 nitrogen and oxygen atoms in total. The van der Waals surface area contributed by atoms with Gasteiger partial charge in [-0.3, -0.25) is 14.4 Å². The summed E-state index contributed by atoms with van der Waals surface area (Å²) in [6.07, 6.45) is -19.5. The van der Waals surface area contributed by atoms with Gasteiger partial charge in [0, 0.05) is 0 Å². The second kappa shape index (κ2) is 17.6. The summed E-state index contributed by atoms with van der Waals surface area (Å²) in [6, 6.07) is 0. The molecule has 0 aliphatic rings. The molecule has 0 aromatic carbocycles. The first-order valence-corrected chi connectivity index (χ1v) is 13.5. The first-order chi connectivity index (χ1) is 24.3. The summed E-state index contributed by atoms with van der Waals surface area (Å²) in [7, 11) is 0. The molecular formula is C21H14F24O9S. The van der Waals surface area contributed by atoms with Crippen molar-refractivity contribution in [2.45, 2.75) is 84.2 Å². The minimum absolute atomic E-state index is 1.30. The second-order valence-electron chi connectivity index (χ2n) is 9.95. The van der Waals surface area contributed by atoms with Gasteiger partial charge in [-0.1, -0.05) is 5.04 Å². The van der Waals surface area contributed by atoms with Gasteiger partial charge < -0.3 is 14.2 Å². The highest BCUT2D eigenvalue weighted by Gasteiger charge is 2.78. The van der Waals surface area contributed by atoms with Crippen LogP contribution < -0.4 is 0 Å². The van der Waals surface area contributed by atoms with Gasteiger partial charge in [0.25, 0.3) is 0 Å². The Morgan fingerprint density at radius 1 is 0.491 bits per heavy atom. The highest BCUT2D eigenvalue weighted by molar-refractivity contribution is 7.96. The van der Waals surface area contributed by atoms with Crippen molar-refractivity contribution < 1.29 is 149 Å². The van der Waals surface area contributed by atoms with Crippen LogP contribution in [0.1, 0.15) is 6.42 Å². The molecule has 2 unspecified atom stereocenters. The van der Waals surface area contributed by atoms with Crippen molar-refractivity contribution >= 4 is 30.0 Å². The predicted molar refractivity (Wildman–Crippen MR) is 120 cm³/mol. The highest BCUT2D eigenvalue weighted by atomic mass is 32.2. The van der Waals surface area contributed by atoms with Crippen LogP contribution in [-0.2, 0) is 38.0 Å². The van der Waals surface area contributed by atoms with Gasteiger partial charge >= 0.3 is 90.5 Å². The number of ether oxygens (including phenoxy) is 3. The summed E-state index contributed by atoms with van der Waals surface area (Å²) in [6.45, 7) is -10.7. The topological polar surface area (TPSA) is 118 Å². The lowest BCUT2D eigenvalue weighted by atomic mass is 10.0. The molecule has 0 aliphatic carbocycles. The fourth-order valence-electron chi connectivity index (χ4n) is 2.98. The second-order valence-corrected chi connectivity index (χ2v) is 10.8. The van der Waals surface area contributed by atoms with E-state index in [0.29, 0.717) is 0 Å². The summed E-state index contributed by atoms with van der Waals surface area (Å²) < 4.78 is 330. The Kier molecular flexibility index (Phi) is 16.6. The maximum absolute atomic E-state index is 13.9. The maximum atomic E-state index is 13.9. The Bertz CT molecular complexity index is 1310. The smallest absolute Gasteiger partial charge is 0.381 e. The molecule has 0 aliphatic heterocycles. The lowest BCUT2D eigenvalue weighted by Crippen LogP contribution is -2.59. The van der Waals surface area contributed by atoms with Crippen LogP contribution in [0, 0.1) is 5.92 Å². The number of hydrogen-bond acceptors (Lipinski definition) is 10. The molecule has 34 heteroatoms. The molecule has 0 heterocycles. The van der Waals surface area contributed by atoms with Crippen molar-refractivity contribution in [1.82, 2.24) is 0 Å². The van der Waals surface area contributed by atoms with Crippen LogP contribution in [-0.4, -0.2) is 121 Å². The zero-order chi connectivity index (χ0) is 44.2. The largest absolute Gasteiger partial charge is 0.459 e. The minimum Gasteiger partial charge on any atom is -0.459 e. The van der Waals surface area contributed by atoms with E-state index in [9.17, 15) is 120 Å². The van der Waals surface area contributed by atoms with E-state index in [2.05, 4.69) is 23.6 Å². The SMILES string of the molecule is O=C(CC(C(=O)OCC(F)(F)C(F)(F)C(F)(F)C(F)F)C(SOOO)C(=O)OCC(F)(F)C(F)(F)C(F)(F)C(F)F)OCC(F)(F)C(F)(F)C(F)(F)C(F)F. The zero-order valence-electron chi connectivity index (χ0n) is 24.9. The van der Waals surface area contributed by atoms with E-state index in [4.69, 9.17) is 5.26 Å². The van der Waals surface area contributed by atoms with E-state index < -0.39 is 140 Å². The Hall–Kier alpha value is -3.04. The van der Waals surface area contributed by atoms with E-state index in [1.807, 2.05) is 0 Å². The lowest BCUT2D eigenvalue weighted by Gasteiger charge is -2.33. The molecule has 2 atom stereocenters. The summed E-state index contributed by atoms with van der Waals surface area (Å²) in [4.78, 5) is 36.9. The van der Waals surface area contributed by atoms with Crippen LogP contribution in [0.4, 0.5) is 105 Å². The number of rotatable bonds is 23. The first-order valence-electron chi connectivity index (χ1n) is 12.7. The Balaban J connectivity index is 6.87. The monoisotopic (exact) mass is 898 g/mol. The molecule has 326 valence electrons. The van der Waals surface area contributed by atoms with Gasteiger partial charge in [-0.15, -0.1) is 4.33 Å². The van der Waals surface area contributed by atoms with Gasteiger partial charge in [-0.2, -0.15) is 79.0 Å². The van der Waals surface area contributed by atoms with E-state index in [1.54, 1.807) is 0 Å². The standard InChI is InChI=1S/C21H14F24O9S/c22-10(23)16(34,35)19(40,41)13(28,29)2-50-6(46)1-5(8(47)51-3-14(30,31)20(42,43)17(36,37)11(24)25)7(55-54-53-49)9(48)52-4-15(32,33)21(44,45)18(38,39)12(26)27/h5,7,10-12,49H,1-4H2. The number of alkyl halides is 24. The third-order valence-corrected chi connectivity index (χ3v) is 6.99. The van der Waals surface area contributed by atoms with E-state index in [-0.39, 0.29) is 0 Å². The third-order valence-electron chi connectivity index (χ3n) is 6.12. The molecule has 1 N–H and O–H groups in total. The molecule has 0 aromatic rings. The molecule has 0 spiro atoms. The number of halogens is 24. The summed E-state index contributed by atoms with van der Waals surface area (Å²) >= 11 is -1.30. The fourth-order valence-corrected chi connectivity index (χ4v) is 3.59. The van der Waals surface area contributed by atoms with E-state index in [1.165, 1.54) is 0 Å². The number of hydrogen-bond donors (Lipinski definition) is 1. The van der Waals surface area contributed by atoms with Gasteiger partial charge in [0.2, 0.25) is 0 Å². The molecular weight excluding hydrogens is 884 g/mol. The van der Waals surface area contributed by atoms with Crippen LogP contribution in [0.5, 0.6) is 0 Å². The van der Waals surface area contributed by atoms with Gasteiger partial charge in [-0.05, 0) is 0 Å². The molecule has 0 bridgehead atoms. The Morgan fingerprint density at radius 3 is 1.07 bits per heavy atom. The molecule has 0 saturated heterocycles. The van der Waals surface area contributed by atoms with Crippen molar-refractivity contribution in [3.8, 4) is 0 Å². The molecule has 0 saturated carbocycles. The van der Waals surface area contributed by atoms with E-state index in [0.717, 1.165) is 0 Å². The van der Waals surface area contributed by atoms with Crippen LogP contribution in [0.15, 0.2) is 0 Å². The zero-order valence-corrected chi connectivity index (χ0v) is 25.7. The number of carbonyl (C=O) groups is 3. The number of carbonyl (C=O) groups excluding carboxylic acids is 3. The first kappa shape index (κ1) is 52.0. The number of esters is 3. The van der Waals surface area contributed by atoms with Crippen molar-refractivity contribution in [3.05, 3.63) is 0 Å². The lowest BCUT2D eigenvalue weighted by molar-refractivity contribution is -0.432. The highest BCUT2D eigenvalue weighted by Crippen LogP contribution is 2.51. The van der Waals surface area contributed by atoms with Crippen LogP contribution >= 0.6 is 12.0 Å². The fraction of sp³-hybridized carbons (Fsp3) is 0.857. The molecule has 0 rings (SSSR count). The Morgan fingerprint density at radius 2 is 0.782 bits per heavy atom. The van der Waals surface area contributed by atoms with Crippen molar-refractivity contribution in [1.29, 1.82) is 0 Å². The molecule has 0 radical (unpaired) electrons. The normalized spacial score (nSPS) is 15.7. The predicted octanol–water partition coefficient (Wildman–Crippen LogP) is 7.57. The van der Waals surface area contributed by atoms with E-state index >= 15 is 0 Å². The van der Waals surface area contributed by atoms with Gasteiger partial charge in [0.1, 0.15) is 5.25 Å². The summed E-state index contributed by atoms with van der Waals surface area (Å²) in [5.74, 6) is -75.3. The molecule has 0 aromatic heterocycles.